The minimum atomic E-state index is 0.170. The second kappa shape index (κ2) is 8.00. The van der Waals surface area contributed by atoms with Gasteiger partial charge in [0.25, 0.3) is 0 Å². The molecule has 0 aliphatic rings. The van der Waals surface area contributed by atoms with Gasteiger partial charge >= 0.3 is 0 Å². The summed E-state index contributed by atoms with van der Waals surface area (Å²) in [5, 5.41) is 17.5. The predicted molar refractivity (Wildman–Crippen MR) is 97.8 cm³/mol. The van der Waals surface area contributed by atoms with E-state index in [1.54, 1.807) is 40.5 Å². The fourth-order valence-electron chi connectivity index (χ4n) is 1.80. The summed E-state index contributed by atoms with van der Waals surface area (Å²) in [4.78, 5) is 6.29. The van der Waals surface area contributed by atoms with Crippen LogP contribution in [0, 0.1) is 29.6 Å². The maximum Gasteiger partial charge on any atom is 0.126 e. The maximum absolute atomic E-state index is 8.74. The molecule has 0 radical (unpaired) electrons. The monoisotopic (exact) mass is 342 g/mol. The van der Waals surface area contributed by atoms with Crippen LogP contribution in [0.5, 0.6) is 0 Å². The first-order chi connectivity index (χ1) is 10.7. The Morgan fingerprint density at radius 3 is 2.41 bits per heavy atom. The van der Waals surface area contributed by atoms with Gasteiger partial charge < -0.3 is 0 Å². The first-order valence-corrected chi connectivity index (χ1v) is 9.26. The molecule has 2 rings (SSSR count). The highest BCUT2D eigenvalue weighted by molar-refractivity contribution is 8.08. The van der Waals surface area contributed by atoms with Gasteiger partial charge in [-0.25, -0.2) is 0 Å². The van der Waals surface area contributed by atoms with Crippen molar-refractivity contribution >= 4 is 39.3 Å². The SMILES string of the molecule is CC=C(SCC=C(C#N)C#N)c1ccc(-c2ccc(C)s2)s1. The van der Waals surface area contributed by atoms with E-state index in [0.717, 1.165) is 0 Å². The van der Waals surface area contributed by atoms with E-state index in [1.807, 2.05) is 19.1 Å². The molecule has 0 amide bonds. The molecule has 0 saturated carbocycles. The number of hydrogen-bond acceptors (Lipinski definition) is 5. The summed E-state index contributed by atoms with van der Waals surface area (Å²) >= 11 is 5.22. The number of rotatable bonds is 5. The molecule has 0 aromatic carbocycles. The lowest BCUT2D eigenvalue weighted by Crippen LogP contribution is -1.79. The number of thiophene rings is 2. The molecule has 2 aromatic heterocycles. The van der Waals surface area contributed by atoms with E-state index in [9.17, 15) is 0 Å². The zero-order chi connectivity index (χ0) is 15.9. The highest BCUT2D eigenvalue weighted by Gasteiger charge is 2.08. The number of thioether (sulfide) groups is 1. The quantitative estimate of drug-likeness (QED) is 0.640. The van der Waals surface area contributed by atoms with Crippen LogP contribution in [0.15, 0.2) is 42.0 Å². The summed E-state index contributed by atoms with van der Waals surface area (Å²) in [6.45, 7) is 4.13. The van der Waals surface area contributed by atoms with Gasteiger partial charge in [-0.15, -0.1) is 34.4 Å². The summed E-state index contributed by atoms with van der Waals surface area (Å²) < 4.78 is 0. The van der Waals surface area contributed by atoms with E-state index in [-0.39, 0.29) is 5.57 Å². The number of allylic oxidation sites excluding steroid dienone is 2. The number of nitrogens with zero attached hydrogens (tertiary/aromatic N) is 2. The van der Waals surface area contributed by atoms with Crippen molar-refractivity contribution in [2.24, 2.45) is 0 Å². The maximum atomic E-state index is 8.74. The Bertz CT molecular complexity index is 778. The molecule has 0 spiro atoms. The molecule has 0 unspecified atom stereocenters. The number of aryl methyl sites for hydroxylation is 1. The van der Waals surface area contributed by atoms with Gasteiger partial charge in [0.05, 0.1) is 0 Å². The first kappa shape index (κ1) is 16.6. The Kier molecular flexibility index (Phi) is 6.03. The molecule has 0 fully saturated rings. The van der Waals surface area contributed by atoms with E-state index in [2.05, 4.69) is 37.3 Å². The van der Waals surface area contributed by atoms with Crippen molar-refractivity contribution < 1.29 is 0 Å². The van der Waals surface area contributed by atoms with Crippen LogP contribution in [0.3, 0.4) is 0 Å². The zero-order valence-electron chi connectivity index (χ0n) is 12.3. The fourth-order valence-corrected chi connectivity index (χ4v) is 4.84. The molecule has 0 aliphatic carbocycles. The van der Waals surface area contributed by atoms with Crippen molar-refractivity contribution in [2.45, 2.75) is 13.8 Å². The van der Waals surface area contributed by atoms with Gasteiger partial charge in [-0.1, -0.05) is 6.08 Å². The normalized spacial score (nSPS) is 10.8. The van der Waals surface area contributed by atoms with Crippen LogP contribution in [0.1, 0.15) is 16.7 Å². The third-order valence-corrected chi connectivity index (χ3v) is 6.41. The molecule has 0 N–H and O–H groups in total. The minimum Gasteiger partial charge on any atom is -0.192 e. The van der Waals surface area contributed by atoms with Gasteiger partial charge in [-0.05, 0) is 44.2 Å². The van der Waals surface area contributed by atoms with Crippen molar-refractivity contribution in [1.82, 2.24) is 0 Å². The highest BCUT2D eigenvalue weighted by Crippen LogP contribution is 2.39. The van der Waals surface area contributed by atoms with E-state index in [1.165, 1.54) is 24.4 Å². The molecular formula is C17H14N2S3. The van der Waals surface area contributed by atoms with Crippen LogP contribution >= 0.6 is 34.4 Å². The molecule has 5 heteroatoms. The molecule has 22 heavy (non-hydrogen) atoms. The van der Waals surface area contributed by atoms with Gasteiger partial charge in [0, 0.05) is 30.2 Å². The molecule has 0 bridgehead atoms. The van der Waals surface area contributed by atoms with E-state index >= 15 is 0 Å². The Hall–Kier alpha value is -1.79. The Labute approximate surface area is 143 Å². The largest absolute Gasteiger partial charge is 0.192 e. The van der Waals surface area contributed by atoms with Crippen LogP contribution in [0.2, 0.25) is 0 Å². The molecule has 110 valence electrons. The highest BCUT2D eigenvalue weighted by atomic mass is 32.2. The third-order valence-electron chi connectivity index (χ3n) is 2.86. The Morgan fingerprint density at radius 2 is 1.82 bits per heavy atom. The van der Waals surface area contributed by atoms with Gasteiger partial charge in [0.2, 0.25) is 0 Å². The summed E-state index contributed by atoms with van der Waals surface area (Å²) in [7, 11) is 0. The number of nitriles is 2. The van der Waals surface area contributed by atoms with Crippen molar-refractivity contribution in [1.29, 1.82) is 10.5 Å². The molecular weight excluding hydrogens is 328 g/mol. The topological polar surface area (TPSA) is 47.6 Å². The van der Waals surface area contributed by atoms with E-state index < -0.39 is 0 Å². The summed E-state index contributed by atoms with van der Waals surface area (Å²) in [5.41, 5.74) is 0.170. The minimum absolute atomic E-state index is 0.170. The average molecular weight is 343 g/mol. The summed E-state index contributed by atoms with van der Waals surface area (Å²) in [5.74, 6) is 0.626. The molecule has 0 atom stereocenters. The van der Waals surface area contributed by atoms with Gasteiger partial charge in [0.1, 0.15) is 17.7 Å². The standard InChI is InChI=1S/C17H14N2S3/c1-3-14(20-9-8-13(10-18)11-19)15-6-7-17(22-15)16-5-4-12(2)21-16/h3-8H,9H2,1-2H3. The third kappa shape index (κ3) is 4.11. The Morgan fingerprint density at radius 1 is 1.14 bits per heavy atom. The van der Waals surface area contributed by atoms with Crippen molar-refractivity contribution in [3.8, 4) is 21.9 Å². The van der Waals surface area contributed by atoms with Crippen molar-refractivity contribution in [3.05, 3.63) is 51.7 Å². The lowest BCUT2D eigenvalue weighted by molar-refractivity contribution is 1.45. The lowest BCUT2D eigenvalue weighted by Gasteiger charge is -2.01. The van der Waals surface area contributed by atoms with Crippen LogP contribution in [0.25, 0.3) is 14.7 Å². The number of hydrogen-bond donors (Lipinski definition) is 0. The zero-order valence-corrected chi connectivity index (χ0v) is 14.7. The van der Waals surface area contributed by atoms with E-state index in [4.69, 9.17) is 10.5 Å². The van der Waals surface area contributed by atoms with Gasteiger partial charge in [0.15, 0.2) is 0 Å². The Balaban J connectivity index is 2.10. The summed E-state index contributed by atoms with van der Waals surface area (Å²) in [6.07, 6.45) is 3.75. The fraction of sp³-hybridized carbons (Fsp3) is 0.176. The second-order valence-electron chi connectivity index (χ2n) is 4.38. The smallest absolute Gasteiger partial charge is 0.126 e. The van der Waals surface area contributed by atoms with Crippen molar-refractivity contribution in [2.75, 3.05) is 5.75 Å². The summed E-state index contributed by atoms with van der Waals surface area (Å²) in [6, 6.07) is 12.4. The predicted octanol–water partition coefficient (Wildman–Crippen LogP) is 5.85. The van der Waals surface area contributed by atoms with Gasteiger partial charge in [-0.3, -0.25) is 0 Å². The van der Waals surface area contributed by atoms with Crippen LogP contribution in [-0.4, -0.2) is 5.75 Å². The molecule has 0 saturated heterocycles. The molecule has 0 aliphatic heterocycles. The molecule has 2 aromatic rings. The first-order valence-electron chi connectivity index (χ1n) is 6.64. The van der Waals surface area contributed by atoms with Crippen LogP contribution in [0.4, 0.5) is 0 Å². The second-order valence-corrected chi connectivity index (χ2v) is 7.81. The molecule has 2 heterocycles. The van der Waals surface area contributed by atoms with E-state index in [0.29, 0.717) is 5.75 Å². The van der Waals surface area contributed by atoms with Gasteiger partial charge in [-0.2, -0.15) is 10.5 Å². The molecule has 2 nitrogen and oxygen atoms in total. The van der Waals surface area contributed by atoms with Crippen LogP contribution in [-0.2, 0) is 0 Å². The van der Waals surface area contributed by atoms with Crippen molar-refractivity contribution in [3.63, 3.8) is 0 Å². The average Bonchev–Trinajstić information content (AvgIpc) is 3.16. The van der Waals surface area contributed by atoms with Crippen LogP contribution < -0.4 is 0 Å². The lowest BCUT2D eigenvalue weighted by atomic mass is 10.3.